The number of ether oxygens (including phenoxy) is 1. The van der Waals surface area contributed by atoms with Gasteiger partial charge in [-0.3, -0.25) is 4.79 Å². The number of anilines is 1. The highest BCUT2D eigenvalue weighted by molar-refractivity contribution is 6.05. The van der Waals surface area contributed by atoms with E-state index in [9.17, 15) is 9.18 Å². The number of β-lactam (4-membered cyclic amide) rings is 1. The van der Waals surface area contributed by atoms with Crippen molar-refractivity contribution in [2.75, 3.05) is 11.5 Å². The molecule has 3 rings (SSSR count). The number of hydrogen-bond acceptors (Lipinski definition) is 3. The summed E-state index contributed by atoms with van der Waals surface area (Å²) in [6.07, 6.45) is 0. The minimum Gasteiger partial charge on any atom is -0.494 e. The van der Waals surface area contributed by atoms with Gasteiger partial charge in [-0.2, -0.15) is 0 Å². The topological polar surface area (TPSA) is 55.6 Å². The van der Waals surface area contributed by atoms with Crippen molar-refractivity contribution in [1.29, 1.82) is 0 Å². The van der Waals surface area contributed by atoms with Gasteiger partial charge >= 0.3 is 0 Å². The van der Waals surface area contributed by atoms with Crippen LogP contribution in [0.3, 0.4) is 0 Å². The number of carbonyl (C=O) groups excluding carboxylic acids is 1. The van der Waals surface area contributed by atoms with E-state index >= 15 is 0 Å². The highest BCUT2D eigenvalue weighted by Crippen LogP contribution is 2.39. The van der Waals surface area contributed by atoms with E-state index in [0.29, 0.717) is 17.9 Å². The Kier molecular flexibility index (Phi) is 3.81. The van der Waals surface area contributed by atoms with Crippen molar-refractivity contribution in [3.8, 4) is 5.75 Å². The van der Waals surface area contributed by atoms with E-state index in [1.807, 2.05) is 6.92 Å². The zero-order valence-corrected chi connectivity index (χ0v) is 12.2. The summed E-state index contributed by atoms with van der Waals surface area (Å²) in [4.78, 5) is 13.6. The molecule has 5 heteroatoms. The average Bonchev–Trinajstić information content (AvgIpc) is 2.54. The molecule has 1 aliphatic heterocycles. The molecule has 22 heavy (non-hydrogen) atoms. The normalized spacial score (nSPS) is 20.7. The number of carbonyl (C=O) groups is 1. The van der Waals surface area contributed by atoms with Gasteiger partial charge in [0.15, 0.2) is 0 Å². The number of nitrogens with zero attached hydrogens (tertiary/aromatic N) is 1. The maximum absolute atomic E-state index is 14.0. The third kappa shape index (κ3) is 2.33. The summed E-state index contributed by atoms with van der Waals surface area (Å²) in [5.74, 6) is 0.162. The molecule has 0 aromatic heterocycles. The molecule has 0 aliphatic carbocycles. The second-order valence-corrected chi connectivity index (χ2v) is 5.13. The van der Waals surface area contributed by atoms with E-state index in [1.54, 1.807) is 42.5 Å². The Balaban J connectivity index is 1.91. The van der Waals surface area contributed by atoms with E-state index in [0.717, 1.165) is 5.75 Å². The van der Waals surface area contributed by atoms with Gasteiger partial charge in [-0.15, -0.1) is 0 Å². The molecule has 2 aromatic rings. The number of rotatable bonds is 4. The molecule has 4 nitrogen and oxygen atoms in total. The van der Waals surface area contributed by atoms with Gasteiger partial charge in [-0.05, 0) is 37.3 Å². The standard InChI is InChI=1S/C17H17FN2O2/c1-2-22-12-9-7-11(8-10-12)20-16(15(19)17(20)21)13-5-3-4-6-14(13)18/h3-10,15-16H,2,19H2,1H3/t15-,16-/m0/s1. The quantitative estimate of drug-likeness (QED) is 0.883. The largest absolute Gasteiger partial charge is 0.494 e. The zero-order valence-electron chi connectivity index (χ0n) is 12.2. The summed E-state index contributed by atoms with van der Waals surface area (Å²) in [5, 5.41) is 0. The Morgan fingerprint density at radius 3 is 2.50 bits per heavy atom. The van der Waals surface area contributed by atoms with E-state index in [2.05, 4.69) is 0 Å². The highest BCUT2D eigenvalue weighted by atomic mass is 19.1. The minimum absolute atomic E-state index is 0.211. The predicted octanol–water partition coefficient (Wildman–Crippen LogP) is 2.64. The van der Waals surface area contributed by atoms with Crippen LogP contribution in [0.1, 0.15) is 18.5 Å². The Labute approximate surface area is 128 Å². The van der Waals surface area contributed by atoms with Crippen LogP contribution in [0.15, 0.2) is 48.5 Å². The molecule has 0 saturated carbocycles. The van der Waals surface area contributed by atoms with Gasteiger partial charge < -0.3 is 15.4 Å². The number of halogens is 1. The van der Waals surface area contributed by atoms with Crippen LogP contribution in [0.5, 0.6) is 5.75 Å². The Morgan fingerprint density at radius 2 is 1.86 bits per heavy atom. The van der Waals surface area contributed by atoms with Crippen LogP contribution in [0.2, 0.25) is 0 Å². The fourth-order valence-corrected chi connectivity index (χ4v) is 2.72. The van der Waals surface area contributed by atoms with Crippen molar-refractivity contribution in [1.82, 2.24) is 0 Å². The van der Waals surface area contributed by atoms with Gasteiger partial charge in [0, 0.05) is 11.3 Å². The number of hydrogen-bond donors (Lipinski definition) is 1. The van der Waals surface area contributed by atoms with Crippen molar-refractivity contribution in [2.24, 2.45) is 5.73 Å². The fourth-order valence-electron chi connectivity index (χ4n) is 2.72. The van der Waals surface area contributed by atoms with Crippen LogP contribution in [-0.4, -0.2) is 18.6 Å². The first-order valence-corrected chi connectivity index (χ1v) is 7.19. The molecular formula is C17H17FN2O2. The maximum Gasteiger partial charge on any atom is 0.247 e. The van der Waals surface area contributed by atoms with Crippen LogP contribution >= 0.6 is 0 Å². The van der Waals surface area contributed by atoms with Crippen molar-refractivity contribution in [3.63, 3.8) is 0 Å². The number of benzene rings is 2. The summed E-state index contributed by atoms with van der Waals surface area (Å²) in [6.45, 7) is 2.48. The second kappa shape index (κ2) is 5.77. The lowest BCUT2D eigenvalue weighted by molar-refractivity contribution is -0.126. The van der Waals surface area contributed by atoms with Gasteiger partial charge in [0.2, 0.25) is 5.91 Å². The second-order valence-electron chi connectivity index (χ2n) is 5.13. The molecule has 2 N–H and O–H groups in total. The van der Waals surface area contributed by atoms with Crippen molar-refractivity contribution in [3.05, 3.63) is 59.9 Å². The van der Waals surface area contributed by atoms with Crippen LogP contribution in [0.4, 0.5) is 10.1 Å². The van der Waals surface area contributed by atoms with Gasteiger partial charge in [-0.1, -0.05) is 18.2 Å². The summed E-state index contributed by atoms with van der Waals surface area (Å²) >= 11 is 0. The molecule has 0 spiro atoms. The van der Waals surface area contributed by atoms with Crippen molar-refractivity contribution < 1.29 is 13.9 Å². The lowest BCUT2D eigenvalue weighted by atomic mass is 9.88. The smallest absolute Gasteiger partial charge is 0.247 e. The lowest BCUT2D eigenvalue weighted by Gasteiger charge is -2.45. The summed E-state index contributed by atoms with van der Waals surface area (Å²) in [6, 6.07) is 12.3. The van der Waals surface area contributed by atoms with Crippen LogP contribution in [0.25, 0.3) is 0 Å². The molecule has 0 unspecified atom stereocenters. The molecular weight excluding hydrogens is 283 g/mol. The molecule has 0 bridgehead atoms. The van der Waals surface area contributed by atoms with E-state index in [1.165, 1.54) is 11.0 Å². The summed E-state index contributed by atoms with van der Waals surface area (Å²) < 4.78 is 19.4. The number of nitrogens with two attached hydrogens (primary N) is 1. The maximum atomic E-state index is 14.0. The molecule has 1 amide bonds. The van der Waals surface area contributed by atoms with Gasteiger partial charge in [0.1, 0.15) is 17.6 Å². The predicted molar refractivity (Wildman–Crippen MR) is 82.2 cm³/mol. The van der Waals surface area contributed by atoms with Gasteiger partial charge in [0.05, 0.1) is 12.6 Å². The first-order valence-electron chi connectivity index (χ1n) is 7.19. The first-order chi connectivity index (χ1) is 10.6. The van der Waals surface area contributed by atoms with Crippen LogP contribution in [-0.2, 0) is 4.79 Å². The van der Waals surface area contributed by atoms with Crippen LogP contribution in [0, 0.1) is 5.82 Å². The van der Waals surface area contributed by atoms with E-state index in [4.69, 9.17) is 10.5 Å². The monoisotopic (exact) mass is 300 g/mol. The Bertz CT molecular complexity index is 687. The van der Waals surface area contributed by atoms with Crippen LogP contribution < -0.4 is 15.4 Å². The van der Waals surface area contributed by atoms with Crippen molar-refractivity contribution >= 4 is 11.6 Å². The molecule has 114 valence electrons. The van der Waals surface area contributed by atoms with E-state index in [-0.39, 0.29) is 11.7 Å². The Morgan fingerprint density at radius 1 is 1.18 bits per heavy atom. The van der Waals surface area contributed by atoms with E-state index < -0.39 is 12.1 Å². The molecule has 0 radical (unpaired) electrons. The first kappa shape index (κ1) is 14.5. The molecule has 1 fully saturated rings. The lowest BCUT2D eigenvalue weighted by Crippen LogP contribution is -2.63. The van der Waals surface area contributed by atoms with Gasteiger partial charge in [-0.25, -0.2) is 4.39 Å². The molecule has 2 atom stereocenters. The minimum atomic E-state index is -0.719. The fraction of sp³-hybridized carbons (Fsp3) is 0.235. The summed E-state index contributed by atoms with van der Waals surface area (Å²) in [7, 11) is 0. The van der Waals surface area contributed by atoms with Gasteiger partial charge in [0.25, 0.3) is 0 Å². The highest BCUT2D eigenvalue weighted by Gasteiger charge is 2.47. The molecule has 1 saturated heterocycles. The average molecular weight is 300 g/mol. The zero-order chi connectivity index (χ0) is 15.7. The third-order valence-corrected chi connectivity index (χ3v) is 3.79. The third-order valence-electron chi connectivity index (χ3n) is 3.79. The SMILES string of the molecule is CCOc1ccc(N2C(=O)[C@@H](N)[C@@H]2c2ccccc2F)cc1. The molecule has 2 aromatic carbocycles. The Hall–Kier alpha value is -2.40. The summed E-state index contributed by atoms with van der Waals surface area (Å²) in [5.41, 5.74) is 7.01. The van der Waals surface area contributed by atoms with Crippen molar-refractivity contribution in [2.45, 2.75) is 19.0 Å². The number of amides is 1. The molecule has 1 aliphatic rings. The molecule has 1 heterocycles.